The molecule has 0 atom stereocenters. The Hall–Kier alpha value is -3.45. The zero-order chi connectivity index (χ0) is 20.5. The van der Waals surface area contributed by atoms with Crippen LogP contribution in [0.2, 0.25) is 0 Å². The predicted octanol–water partition coefficient (Wildman–Crippen LogP) is 4.86. The molecule has 3 heterocycles. The number of anilines is 2. The SMILES string of the molecule is O=C(Cc1ccc(N2CCCC2=O)cc1)Nc1nc(-c2cc3ccccc3o2)cs1. The Kier molecular flexibility index (Phi) is 4.80. The number of furan rings is 1. The second kappa shape index (κ2) is 7.76. The van der Waals surface area contributed by atoms with Gasteiger partial charge in [0.25, 0.3) is 0 Å². The van der Waals surface area contributed by atoms with Crippen molar-refractivity contribution in [3.8, 4) is 11.5 Å². The van der Waals surface area contributed by atoms with Gasteiger partial charge in [0.1, 0.15) is 11.3 Å². The van der Waals surface area contributed by atoms with Crippen LogP contribution in [0.1, 0.15) is 18.4 Å². The highest BCUT2D eigenvalue weighted by molar-refractivity contribution is 7.14. The van der Waals surface area contributed by atoms with Gasteiger partial charge < -0.3 is 14.6 Å². The fraction of sp³-hybridized carbons (Fsp3) is 0.174. The Labute approximate surface area is 177 Å². The fourth-order valence-corrected chi connectivity index (χ4v) is 4.33. The number of rotatable bonds is 5. The molecule has 0 spiro atoms. The van der Waals surface area contributed by atoms with E-state index in [-0.39, 0.29) is 18.2 Å². The summed E-state index contributed by atoms with van der Waals surface area (Å²) in [6.45, 7) is 0.760. The summed E-state index contributed by atoms with van der Waals surface area (Å²) in [7, 11) is 0. The van der Waals surface area contributed by atoms with Gasteiger partial charge in [-0.25, -0.2) is 4.98 Å². The van der Waals surface area contributed by atoms with E-state index >= 15 is 0 Å². The van der Waals surface area contributed by atoms with Gasteiger partial charge in [0.2, 0.25) is 11.8 Å². The van der Waals surface area contributed by atoms with Crippen molar-refractivity contribution in [3.63, 3.8) is 0 Å². The van der Waals surface area contributed by atoms with Crippen molar-refractivity contribution in [2.75, 3.05) is 16.8 Å². The zero-order valence-corrected chi connectivity index (χ0v) is 16.9. The Bertz CT molecular complexity index is 1190. The molecule has 7 heteroatoms. The van der Waals surface area contributed by atoms with Crippen molar-refractivity contribution in [1.29, 1.82) is 0 Å². The molecule has 2 amide bonds. The van der Waals surface area contributed by atoms with Crippen LogP contribution in [0.5, 0.6) is 0 Å². The molecular formula is C23H19N3O3S. The maximum atomic E-state index is 12.4. The van der Waals surface area contributed by atoms with E-state index in [9.17, 15) is 9.59 Å². The summed E-state index contributed by atoms with van der Waals surface area (Å²) in [6, 6.07) is 17.3. The summed E-state index contributed by atoms with van der Waals surface area (Å²) in [5.74, 6) is 0.704. The molecular weight excluding hydrogens is 398 g/mol. The molecule has 1 saturated heterocycles. The Morgan fingerprint density at radius 1 is 1.17 bits per heavy atom. The lowest BCUT2D eigenvalue weighted by Crippen LogP contribution is -2.23. The number of nitrogens with zero attached hydrogens (tertiary/aromatic N) is 2. The van der Waals surface area contributed by atoms with Crippen molar-refractivity contribution in [2.45, 2.75) is 19.3 Å². The van der Waals surface area contributed by atoms with E-state index < -0.39 is 0 Å². The van der Waals surface area contributed by atoms with Gasteiger partial charge in [0.15, 0.2) is 10.9 Å². The first-order valence-corrected chi connectivity index (χ1v) is 10.7. The maximum absolute atomic E-state index is 12.4. The summed E-state index contributed by atoms with van der Waals surface area (Å²) in [6.07, 6.45) is 1.74. The Morgan fingerprint density at radius 2 is 2.00 bits per heavy atom. The number of amides is 2. The summed E-state index contributed by atoms with van der Waals surface area (Å²) < 4.78 is 5.83. The molecule has 0 unspecified atom stereocenters. The number of hydrogen-bond acceptors (Lipinski definition) is 5. The van der Waals surface area contributed by atoms with Crippen LogP contribution in [0, 0.1) is 0 Å². The third-order valence-electron chi connectivity index (χ3n) is 5.11. The van der Waals surface area contributed by atoms with Crippen LogP contribution in [0.25, 0.3) is 22.4 Å². The molecule has 30 heavy (non-hydrogen) atoms. The van der Waals surface area contributed by atoms with E-state index in [2.05, 4.69) is 10.3 Å². The molecule has 2 aromatic carbocycles. The number of fused-ring (bicyclic) bond motifs is 1. The van der Waals surface area contributed by atoms with E-state index in [4.69, 9.17) is 4.42 Å². The minimum Gasteiger partial charge on any atom is -0.454 e. The van der Waals surface area contributed by atoms with Gasteiger partial charge in [0, 0.05) is 29.4 Å². The van der Waals surface area contributed by atoms with Crippen LogP contribution in [-0.4, -0.2) is 23.3 Å². The highest BCUT2D eigenvalue weighted by Gasteiger charge is 2.21. The lowest BCUT2D eigenvalue weighted by molar-refractivity contribution is -0.117. The minimum atomic E-state index is -0.134. The van der Waals surface area contributed by atoms with Crippen LogP contribution in [0.15, 0.2) is 64.4 Å². The Balaban J connectivity index is 1.23. The van der Waals surface area contributed by atoms with E-state index in [1.165, 1.54) is 11.3 Å². The van der Waals surface area contributed by atoms with Crippen molar-refractivity contribution >= 4 is 44.9 Å². The van der Waals surface area contributed by atoms with Crippen molar-refractivity contribution in [2.24, 2.45) is 0 Å². The maximum Gasteiger partial charge on any atom is 0.230 e. The van der Waals surface area contributed by atoms with Crippen LogP contribution in [-0.2, 0) is 16.0 Å². The smallest absolute Gasteiger partial charge is 0.230 e. The number of thiazole rings is 1. The Morgan fingerprint density at radius 3 is 2.77 bits per heavy atom. The number of benzene rings is 2. The number of nitrogens with one attached hydrogen (secondary N) is 1. The molecule has 1 N–H and O–H groups in total. The van der Waals surface area contributed by atoms with Crippen LogP contribution >= 0.6 is 11.3 Å². The number of carbonyl (C=O) groups is 2. The van der Waals surface area contributed by atoms with Gasteiger partial charge in [-0.3, -0.25) is 9.59 Å². The topological polar surface area (TPSA) is 75.4 Å². The summed E-state index contributed by atoms with van der Waals surface area (Å²) >= 11 is 1.37. The van der Waals surface area contributed by atoms with E-state index in [1.807, 2.05) is 60.0 Å². The molecule has 5 rings (SSSR count). The highest BCUT2D eigenvalue weighted by Crippen LogP contribution is 2.30. The quantitative estimate of drug-likeness (QED) is 0.503. The largest absolute Gasteiger partial charge is 0.454 e. The predicted molar refractivity (Wildman–Crippen MR) is 118 cm³/mol. The third-order valence-corrected chi connectivity index (χ3v) is 5.87. The molecule has 0 aliphatic carbocycles. The second-order valence-electron chi connectivity index (χ2n) is 7.23. The lowest BCUT2D eigenvalue weighted by atomic mass is 10.1. The first-order valence-electron chi connectivity index (χ1n) is 9.79. The average Bonchev–Trinajstić information content (AvgIpc) is 3.47. The van der Waals surface area contributed by atoms with Gasteiger partial charge in [-0.15, -0.1) is 11.3 Å². The first kappa shape index (κ1) is 18.6. The van der Waals surface area contributed by atoms with E-state index in [1.54, 1.807) is 4.90 Å². The summed E-state index contributed by atoms with van der Waals surface area (Å²) in [5, 5.41) is 6.28. The van der Waals surface area contributed by atoms with Gasteiger partial charge >= 0.3 is 0 Å². The summed E-state index contributed by atoms with van der Waals surface area (Å²) in [5.41, 5.74) is 3.28. The second-order valence-corrected chi connectivity index (χ2v) is 8.08. The van der Waals surface area contributed by atoms with E-state index in [0.29, 0.717) is 23.0 Å². The van der Waals surface area contributed by atoms with Crippen LogP contribution in [0.3, 0.4) is 0 Å². The highest BCUT2D eigenvalue weighted by atomic mass is 32.1. The van der Waals surface area contributed by atoms with Crippen molar-refractivity contribution < 1.29 is 14.0 Å². The molecule has 1 fully saturated rings. The van der Waals surface area contributed by atoms with Gasteiger partial charge in [-0.05, 0) is 36.2 Å². The van der Waals surface area contributed by atoms with E-state index in [0.717, 1.165) is 35.2 Å². The van der Waals surface area contributed by atoms with Gasteiger partial charge in [-0.1, -0.05) is 30.3 Å². The molecule has 0 bridgehead atoms. The third kappa shape index (κ3) is 3.71. The lowest BCUT2D eigenvalue weighted by Gasteiger charge is -2.15. The van der Waals surface area contributed by atoms with Crippen LogP contribution < -0.4 is 10.2 Å². The number of hydrogen-bond donors (Lipinski definition) is 1. The van der Waals surface area contributed by atoms with Crippen LogP contribution in [0.4, 0.5) is 10.8 Å². The first-order chi connectivity index (χ1) is 14.7. The molecule has 2 aromatic heterocycles. The molecule has 1 aliphatic heterocycles. The average molecular weight is 417 g/mol. The molecule has 1 aliphatic rings. The molecule has 4 aromatic rings. The molecule has 150 valence electrons. The van der Waals surface area contributed by atoms with Crippen molar-refractivity contribution in [3.05, 3.63) is 65.5 Å². The molecule has 0 radical (unpaired) electrons. The van der Waals surface area contributed by atoms with Crippen molar-refractivity contribution in [1.82, 2.24) is 4.98 Å². The van der Waals surface area contributed by atoms with Gasteiger partial charge in [0.05, 0.1) is 6.42 Å². The minimum absolute atomic E-state index is 0.134. The standard InChI is InChI=1S/C23H19N3O3S/c27-21(12-15-7-9-17(10-8-15)26-11-3-6-22(26)28)25-23-24-18(14-30-23)20-13-16-4-1-2-5-19(16)29-20/h1-2,4-5,7-10,13-14H,3,6,11-12H2,(H,24,25,27). The van der Waals surface area contributed by atoms with Gasteiger partial charge in [-0.2, -0.15) is 0 Å². The number of aromatic nitrogens is 1. The zero-order valence-electron chi connectivity index (χ0n) is 16.1. The monoisotopic (exact) mass is 417 g/mol. The summed E-state index contributed by atoms with van der Waals surface area (Å²) in [4.78, 5) is 30.5. The molecule has 6 nitrogen and oxygen atoms in total. The number of para-hydroxylation sites is 1. The molecule has 0 saturated carbocycles. The number of carbonyl (C=O) groups excluding carboxylic acids is 2. The normalized spacial score (nSPS) is 13.9. The fourth-order valence-electron chi connectivity index (χ4n) is 3.62.